The standard InChI is InChI=1S/C19H22N4O3S2/c1-13(21-22-19(20)27)18-17-6-4-3-5-14(17)11-12-23(18)28(24,25)16-9-7-15(26-2)8-10-16/h3-10,18H,11-12H2,1-2H3,(H3,20,22,27)/b21-13+. The molecular weight excluding hydrogens is 396 g/mol. The van der Waals surface area contributed by atoms with Crippen LogP contribution in [-0.2, 0) is 16.4 Å². The molecule has 0 bridgehead atoms. The number of benzene rings is 2. The fourth-order valence-corrected chi connectivity index (χ4v) is 5.00. The van der Waals surface area contributed by atoms with Crippen molar-refractivity contribution in [3.63, 3.8) is 0 Å². The Morgan fingerprint density at radius 3 is 2.57 bits per heavy atom. The van der Waals surface area contributed by atoms with Crippen molar-refractivity contribution in [2.75, 3.05) is 13.7 Å². The summed E-state index contributed by atoms with van der Waals surface area (Å²) in [5, 5.41) is 4.23. The smallest absolute Gasteiger partial charge is 0.243 e. The second-order valence-electron chi connectivity index (χ2n) is 6.37. The van der Waals surface area contributed by atoms with E-state index in [9.17, 15) is 8.42 Å². The number of thiocarbonyl (C=S) groups is 1. The maximum Gasteiger partial charge on any atom is 0.243 e. The molecule has 0 saturated carbocycles. The molecule has 148 valence electrons. The lowest BCUT2D eigenvalue weighted by Gasteiger charge is -2.36. The van der Waals surface area contributed by atoms with Gasteiger partial charge in [-0.3, -0.25) is 5.43 Å². The highest BCUT2D eigenvalue weighted by Gasteiger charge is 2.38. The Kier molecular flexibility index (Phi) is 5.97. The number of nitrogens with one attached hydrogen (secondary N) is 1. The molecular formula is C19H22N4O3S2. The zero-order valence-corrected chi connectivity index (χ0v) is 17.3. The van der Waals surface area contributed by atoms with Crippen LogP contribution in [-0.4, -0.2) is 37.2 Å². The number of hydrazone groups is 1. The minimum Gasteiger partial charge on any atom is -0.497 e. The van der Waals surface area contributed by atoms with E-state index in [1.165, 1.54) is 11.4 Å². The third-order valence-electron chi connectivity index (χ3n) is 4.64. The lowest BCUT2D eigenvalue weighted by atomic mass is 9.92. The van der Waals surface area contributed by atoms with E-state index >= 15 is 0 Å². The van der Waals surface area contributed by atoms with E-state index in [-0.39, 0.29) is 10.0 Å². The lowest BCUT2D eigenvalue weighted by Crippen LogP contribution is -2.43. The number of ether oxygens (including phenoxy) is 1. The van der Waals surface area contributed by atoms with Crippen LogP contribution in [0.2, 0.25) is 0 Å². The van der Waals surface area contributed by atoms with Crippen molar-refractivity contribution in [1.82, 2.24) is 9.73 Å². The topological polar surface area (TPSA) is 97.0 Å². The predicted octanol–water partition coefficient (Wildman–Crippen LogP) is 2.19. The summed E-state index contributed by atoms with van der Waals surface area (Å²) in [6.45, 7) is 2.10. The quantitative estimate of drug-likeness (QED) is 0.439. The molecule has 2 aromatic rings. The Bertz CT molecular complexity index is 1000. The van der Waals surface area contributed by atoms with E-state index in [2.05, 4.69) is 10.5 Å². The third kappa shape index (κ3) is 4.01. The molecule has 0 spiro atoms. The van der Waals surface area contributed by atoms with Gasteiger partial charge in [-0.15, -0.1) is 0 Å². The Morgan fingerprint density at radius 2 is 1.93 bits per heavy atom. The van der Waals surface area contributed by atoms with E-state index < -0.39 is 16.1 Å². The van der Waals surface area contributed by atoms with Crippen molar-refractivity contribution in [2.24, 2.45) is 10.8 Å². The van der Waals surface area contributed by atoms with E-state index in [1.807, 2.05) is 24.3 Å². The molecule has 0 saturated heterocycles. The Balaban J connectivity index is 2.06. The van der Waals surface area contributed by atoms with Gasteiger partial charge in [0.15, 0.2) is 5.11 Å². The van der Waals surface area contributed by atoms with E-state index in [0.717, 1.165) is 11.1 Å². The zero-order chi connectivity index (χ0) is 20.3. The molecule has 28 heavy (non-hydrogen) atoms. The van der Waals surface area contributed by atoms with Crippen LogP contribution in [0.25, 0.3) is 0 Å². The van der Waals surface area contributed by atoms with Crippen LogP contribution in [0, 0.1) is 0 Å². The van der Waals surface area contributed by atoms with Crippen LogP contribution in [0.1, 0.15) is 24.1 Å². The molecule has 0 aromatic heterocycles. The summed E-state index contributed by atoms with van der Waals surface area (Å²) in [4.78, 5) is 0.202. The molecule has 1 aliphatic rings. The second-order valence-corrected chi connectivity index (χ2v) is 8.70. The first-order chi connectivity index (χ1) is 13.3. The van der Waals surface area contributed by atoms with E-state index in [1.54, 1.807) is 31.2 Å². The molecule has 0 aliphatic carbocycles. The predicted molar refractivity (Wildman–Crippen MR) is 113 cm³/mol. The SMILES string of the molecule is COc1ccc(S(=O)(=O)N2CCc3ccccc3C2/C(C)=N/NC(N)=S)cc1. The molecule has 0 radical (unpaired) electrons. The minimum absolute atomic E-state index is 0.0213. The van der Waals surface area contributed by atoms with Gasteiger partial charge >= 0.3 is 0 Å². The lowest BCUT2D eigenvalue weighted by molar-refractivity contribution is 0.364. The number of rotatable bonds is 5. The second kappa shape index (κ2) is 8.26. The molecule has 1 heterocycles. The fraction of sp³-hybridized carbons (Fsp3) is 0.263. The highest BCUT2D eigenvalue weighted by atomic mass is 32.2. The summed E-state index contributed by atoms with van der Waals surface area (Å²) in [5.74, 6) is 0.595. The van der Waals surface area contributed by atoms with Crippen molar-refractivity contribution >= 4 is 33.1 Å². The zero-order valence-electron chi connectivity index (χ0n) is 15.6. The molecule has 1 aliphatic heterocycles. The van der Waals surface area contributed by atoms with Crippen LogP contribution in [0.4, 0.5) is 0 Å². The first-order valence-electron chi connectivity index (χ1n) is 8.68. The maximum absolute atomic E-state index is 13.4. The summed E-state index contributed by atoms with van der Waals surface area (Å²) in [5.41, 5.74) is 10.6. The minimum atomic E-state index is -3.76. The molecule has 3 N–H and O–H groups in total. The number of methoxy groups -OCH3 is 1. The summed E-state index contributed by atoms with van der Waals surface area (Å²) in [6.07, 6.45) is 0.623. The van der Waals surface area contributed by atoms with Crippen LogP contribution < -0.4 is 15.9 Å². The molecule has 7 nitrogen and oxygen atoms in total. The van der Waals surface area contributed by atoms with Gasteiger partial charge < -0.3 is 10.5 Å². The van der Waals surface area contributed by atoms with Crippen molar-refractivity contribution < 1.29 is 13.2 Å². The van der Waals surface area contributed by atoms with Gasteiger partial charge in [-0.2, -0.15) is 9.41 Å². The number of nitrogens with zero attached hydrogens (tertiary/aromatic N) is 2. The van der Waals surface area contributed by atoms with Gasteiger partial charge in [0.1, 0.15) is 5.75 Å². The Morgan fingerprint density at radius 1 is 1.25 bits per heavy atom. The largest absolute Gasteiger partial charge is 0.497 e. The molecule has 0 fully saturated rings. The number of hydrogen-bond donors (Lipinski definition) is 2. The summed E-state index contributed by atoms with van der Waals surface area (Å²) in [6, 6.07) is 13.6. The average molecular weight is 419 g/mol. The van der Waals surface area contributed by atoms with Crippen LogP contribution in [0.15, 0.2) is 58.5 Å². The van der Waals surface area contributed by atoms with Crippen LogP contribution in [0.5, 0.6) is 5.75 Å². The highest BCUT2D eigenvalue weighted by molar-refractivity contribution is 7.89. The maximum atomic E-state index is 13.4. The molecule has 2 aromatic carbocycles. The monoisotopic (exact) mass is 418 g/mol. The van der Waals surface area contributed by atoms with Gasteiger partial charge in [-0.05, 0) is 61.0 Å². The van der Waals surface area contributed by atoms with Crippen molar-refractivity contribution in [3.8, 4) is 5.75 Å². The number of sulfonamides is 1. The van der Waals surface area contributed by atoms with Gasteiger partial charge in [-0.1, -0.05) is 24.3 Å². The van der Waals surface area contributed by atoms with Gasteiger partial charge in [0, 0.05) is 6.54 Å². The fourth-order valence-electron chi connectivity index (χ4n) is 3.32. The summed E-state index contributed by atoms with van der Waals surface area (Å²) in [7, 11) is -2.22. The number of fused-ring (bicyclic) bond motifs is 1. The van der Waals surface area contributed by atoms with Gasteiger partial charge in [-0.25, -0.2) is 8.42 Å². The molecule has 1 atom stereocenters. The first-order valence-corrected chi connectivity index (χ1v) is 10.5. The number of nitrogens with two attached hydrogens (primary N) is 1. The van der Waals surface area contributed by atoms with Gasteiger partial charge in [0.25, 0.3) is 0 Å². The van der Waals surface area contributed by atoms with Gasteiger partial charge in [0.05, 0.1) is 23.8 Å². The normalized spacial score (nSPS) is 17.6. The average Bonchev–Trinajstić information content (AvgIpc) is 2.71. The highest BCUT2D eigenvalue weighted by Crippen LogP contribution is 2.35. The Labute approximate surface area is 170 Å². The van der Waals surface area contributed by atoms with Crippen LogP contribution in [0.3, 0.4) is 0 Å². The molecule has 0 amide bonds. The van der Waals surface area contributed by atoms with Gasteiger partial charge in [0.2, 0.25) is 10.0 Å². The summed E-state index contributed by atoms with van der Waals surface area (Å²) >= 11 is 4.81. The Hall–Kier alpha value is -2.49. The van der Waals surface area contributed by atoms with Crippen molar-refractivity contribution in [1.29, 1.82) is 0 Å². The molecule has 9 heteroatoms. The van der Waals surface area contributed by atoms with Crippen molar-refractivity contribution in [3.05, 3.63) is 59.7 Å². The molecule has 3 rings (SSSR count). The van der Waals surface area contributed by atoms with Crippen molar-refractivity contribution in [2.45, 2.75) is 24.3 Å². The molecule has 1 unspecified atom stereocenters. The summed E-state index contributed by atoms with van der Waals surface area (Å²) < 4.78 is 33.4. The van der Waals surface area contributed by atoms with E-state index in [0.29, 0.717) is 24.4 Å². The van der Waals surface area contributed by atoms with Crippen LogP contribution >= 0.6 is 12.2 Å². The first kappa shape index (κ1) is 20.2. The number of hydrogen-bond acceptors (Lipinski definition) is 5. The third-order valence-corrected chi connectivity index (χ3v) is 6.61. The van der Waals surface area contributed by atoms with E-state index in [4.69, 9.17) is 22.7 Å².